The summed E-state index contributed by atoms with van der Waals surface area (Å²) in [5, 5.41) is 2.46. The Bertz CT molecular complexity index is 804. The van der Waals surface area contributed by atoms with E-state index in [9.17, 15) is 0 Å². The smallest absolute Gasteiger partial charge is 0.168 e. The van der Waals surface area contributed by atoms with Crippen LogP contribution in [0.2, 0.25) is 0 Å². The zero-order chi connectivity index (χ0) is 15.3. The molecule has 0 amide bonds. The summed E-state index contributed by atoms with van der Waals surface area (Å²) in [4.78, 5) is 9.81. The van der Waals surface area contributed by atoms with Gasteiger partial charge in [-0.2, -0.15) is 0 Å². The molecule has 22 heavy (non-hydrogen) atoms. The topological polar surface area (TPSA) is 24.8 Å². The molecule has 0 N–H and O–H groups in total. The Morgan fingerprint density at radius 2 is 2.14 bits per heavy atom. The van der Waals surface area contributed by atoms with Crippen LogP contribution in [0.1, 0.15) is 18.7 Å². The van der Waals surface area contributed by atoms with Crippen LogP contribution in [0.3, 0.4) is 0 Å². The lowest BCUT2D eigenvalue weighted by atomic mass is 10.1. The molecule has 5 heteroatoms. The van der Waals surface area contributed by atoms with Crippen molar-refractivity contribution in [2.75, 3.05) is 20.2 Å². The minimum Gasteiger partial charge on any atom is -0.497 e. The van der Waals surface area contributed by atoms with Gasteiger partial charge in [0.1, 0.15) is 5.75 Å². The number of methoxy groups -OCH3 is 1. The third kappa shape index (κ3) is 2.15. The number of hydrogen-bond acceptors (Lipinski definition) is 5. The molecule has 0 saturated carbocycles. The second-order valence-corrected chi connectivity index (χ2v) is 7.89. The summed E-state index contributed by atoms with van der Waals surface area (Å²) in [6, 6.07) is 8.60. The monoisotopic (exact) mass is 330 g/mol. The predicted molar refractivity (Wildman–Crippen MR) is 96.7 cm³/mol. The van der Waals surface area contributed by atoms with Crippen molar-refractivity contribution in [3.63, 3.8) is 0 Å². The van der Waals surface area contributed by atoms with Gasteiger partial charge in [0.25, 0.3) is 0 Å². The van der Waals surface area contributed by atoms with Crippen molar-refractivity contribution in [1.82, 2.24) is 4.90 Å². The summed E-state index contributed by atoms with van der Waals surface area (Å²) in [6.45, 7) is 6.45. The van der Waals surface area contributed by atoms with Gasteiger partial charge < -0.3 is 9.64 Å². The molecule has 0 atom stereocenters. The number of nitrogens with zero attached hydrogens (tertiary/aromatic N) is 2. The van der Waals surface area contributed by atoms with E-state index in [4.69, 9.17) is 4.74 Å². The van der Waals surface area contributed by atoms with E-state index in [1.807, 2.05) is 29.2 Å². The van der Waals surface area contributed by atoms with E-state index >= 15 is 0 Å². The molecule has 0 spiro atoms. The largest absolute Gasteiger partial charge is 0.497 e. The number of thiophene rings is 1. The second kappa shape index (κ2) is 5.32. The minimum absolute atomic E-state index is 0.521. The predicted octanol–water partition coefficient (Wildman–Crippen LogP) is 4.65. The summed E-state index contributed by atoms with van der Waals surface area (Å²) in [5.41, 5.74) is 1.37. The zero-order valence-electron chi connectivity index (χ0n) is 12.9. The standard InChI is InChI=1S/C17H18N2OS2/c1-10(2)16-15(19-7-6-18-17(19)22-16)14-8-11-4-5-12(20-3)9-13(11)21-14/h4-5,8-10H,6-7H2,1-3H3. The lowest BCUT2D eigenvalue weighted by Crippen LogP contribution is -2.19. The average molecular weight is 330 g/mol. The molecule has 0 bridgehead atoms. The van der Waals surface area contributed by atoms with Crippen molar-refractivity contribution in [1.29, 1.82) is 0 Å². The first-order valence-corrected chi connectivity index (χ1v) is 9.12. The van der Waals surface area contributed by atoms with E-state index < -0.39 is 0 Å². The molecule has 2 aliphatic heterocycles. The van der Waals surface area contributed by atoms with E-state index in [0.717, 1.165) is 18.8 Å². The third-order valence-corrected chi connectivity index (χ3v) is 6.51. The van der Waals surface area contributed by atoms with E-state index in [0.29, 0.717) is 5.92 Å². The fourth-order valence-electron chi connectivity index (χ4n) is 2.90. The van der Waals surface area contributed by atoms with Gasteiger partial charge in [-0.25, -0.2) is 0 Å². The number of fused-ring (bicyclic) bond motifs is 2. The maximum atomic E-state index is 5.35. The van der Waals surface area contributed by atoms with Gasteiger partial charge in [0.2, 0.25) is 0 Å². The molecule has 0 aliphatic carbocycles. The van der Waals surface area contributed by atoms with Crippen LogP contribution < -0.4 is 4.74 Å². The number of ether oxygens (including phenoxy) is 1. The molecule has 0 fully saturated rings. The minimum atomic E-state index is 0.521. The number of amidine groups is 1. The van der Waals surface area contributed by atoms with Crippen molar-refractivity contribution >= 4 is 44.0 Å². The first kappa shape index (κ1) is 14.2. The number of rotatable bonds is 3. The Kier molecular flexibility index (Phi) is 3.42. The number of hydrogen-bond donors (Lipinski definition) is 0. The van der Waals surface area contributed by atoms with Gasteiger partial charge >= 0.3 is 0 Å². The Morgan fingerprint density at radius 1 is 1.27 bits per heavy atom. The molecular weight excluding hydrogens is 312 g/mol. The summed E-state index contributed by atoms with van der Waals surface area (Å²) in [7, 11) is 1.72. The number of aliphatic imine (C=N–C) groups is 1. The van der Waals surface area contributed by atoms with Crippen LogP contribution in [0.25, 0.3) is 15.8 Å². The van der Waals surface area contributed by atoms with Crippen molar-refractivity contribution < 1.29 is 4.74 Å². The van der Waals surface area contributed by atoms with Crippen molar-refractivity contribution in [3.05, 3.63) is 34.0 Å². The molecule has 0 unspecified atom stereocenters. The van der Waals surface area contributed by atoms with Crippen molar-refractivity contribution in [3.8, 4) is 5.75 Å². The summed E-state index contributed by atoms with van der Waals surface area (Å²) in [5.74, 6) is 1.44. The number of allylic oxidation sites excluding steroid dienone is 1. The van der Waals surface area contributed by atoms with Gasteiger partial charge in [0.15, 0.2) is 5.17 Å². The highest BCUT2D eigenvalue weighted by molar-refractivity contribution is 8.17. The molecule has 0 radical (unpaired) electrons. The van der Waals surface area contributed by atoms with Crippen LogP contribution in [-0.2, 0) is 0 Å². The highest BCUT2D eigenvalue weighted by Gasteiger charge is 2.34. The SMILES string of the molecule is COc1ccc2cc(C3=C(C(C)C)SC4=NCCN43)sc2c1. The molecule has 2 aromatic rings. The molecule has 3 nitrogen and oxygen atoms in total. The Hall–Kier alpha value is -1.46. The second-order valence-electron chi connectivity index (χ2n) is 5.80. The molecule has 114 valence electrons. The maximum Gasteiger partial charge on any atom is 0.168 e. The van der Waals surface area contributed by atoms with Crippen LogP contribution in [0, 0.1) is 5.92 Å². The van der Waals surface area contributed by atoms with Crippen LogP contribution in [0.4, 0.5) is 0 Å². The fourth-order valence-corrected chi connectivity index (χ4v) is 5.32. The van der Waals surface area contributed by atoms with Gasteiger partial charge in [-0.3, -0.25) is 4.99 Å². The maximum absolute atomic E-state index is 5.35. The summed E-state index contributed by atoms with van der Waals surface area (Å²) >= 11 is 3.69. The molecule has 1 aromatic heterocycles. The highest BCUT2D eigenvalue weighted by Crippen LogP contribution is 2.47. The van der Waals surface area contributed by atoms with Gasteiger partial charge in [-0.05, 0) is 35.6 Å². The van der Waals surface area contributed by atoms with Crippen LogP contribution in [0.15, 0.2) is 34.2 Å². The van der Waals surface area contributed by atoms with Gasteiger partial charge in [-0.1, -0.05) is 25.6 Å². The third-order valence-electron chi connectivity index (χ3n) is 3.99. The molecule has 4 rings (SSSR count). The van der Waals surface area contributed by atoms with E-state index in [1.165, 1.54) is 30.7 Å². The van der Waals surface area contributed by atoms with Crippen molar-refractivity contribution in [2.24, 2.45) is 10.9 Å². The quantitative estimate of drug-likeness (QED) is 0.819. The molecular formula is C17H18N2OS2. The first-order valence-electron chi connectivity index (χ1n) is 7.49. The molecule has 1 aromatic carbocycles. The summed E-state index contributed by atoms with van der Waals surface area (Å²) < 4.78 is 6.62. The molecule has 3 heterocycles. The zero-order valence-corrected chi connectivity index (χ0v) is 14.6. The van der Waals surface area contributed by atoms with Gasteiger partial charge in [0, 0.05) is 16.1 Å². The first-order chi connectivity index (χ1) is 10.7. The highest BCUT2D eigenvalue weighted by atomic mass is 32.2. The van der Waals surface area contributed by atoms with Gasteiger partial charge in [0.05, 0.1) is 24.2 Å². The summed E-state index contributed by atoms with van der Waals surface area (Å²) in [6.07, 6.45) is 0. The van der Waals surface area contributed by atoms with Crippen LogP contribution in [-0.4, -0.2) is 30.3 Å². The lowest BCUT2D eigenvalue weighted by molar-refractivity contribution is 0.415. The Labute approximate surface area is 138 Å². The van der Waals surface area contributed by atoms with Crippen molar-refractivity contribution in [2.45, 2.75) is 13.8 Å². The average Bonchev–Trinajstić information content (AvgIpc) is 3.18. The van der Waals surface area contributed by atoms with Gasteiger partial charge in [-0.15, -0.1) is 11.3 Å². The Morgan fingerprint density at radius 3 is 2.91 bits per heavy atom. The number of benzene rings is 1. The Balaban J connectivity index is 1.85. The normalized spacial score (nSPS) is 17.6. The lowest BCUT2D eigenvalue weighted by Gasteiger charge is -2.16. The molecule has 2 aliphatic rings. The van der Waals surface area contributed by atoms with Crippen LogP contribution >= 0.6 is 23.1 Å². The number of thioether (sulfide) groups is 1. The van der Waals surface area contributed by atoms with E-state index in [-0.39, 0.29) is 0 Å². The van der Waals surface area contributed by atoms with Crippen LogP contribution in [0.5, 0.6) is 5.75 Å². The fraction of sp³-hybridized carbons (Fsp3) is 0.353. The van der Waals surface area contributed by atoms with E-state index in [2.05, 4.69) is 41.9 Å². The molecule has 0 saturated heterocycles. The van der Waals surface area contributed by atoms with E-state index in [1.54, 1.807) is 7.11 Å².